The van der Waals surface area contributed by atoms with Crippen molar-refractivity contribution in [1.29, 1.82) is 0 Å². The smallest absolute Gasteiger partial charge is 0.141 e. The quantitative estimate of drug-likeness (QED) is 0.777. The minimum absolute atomic E-state index is 0.633. The first-order valence-electron chi connectivity index (χ1n) is 8.95. The molecule has 2 aromatic rings. The highest BCUT2D eigenvalue weighted by Crippen LogP contribution is 2.40. The van der Waals surface area contributed by atoms with Crippen LogP contribution in [0.15, 0.2) is 6.33 Å². The first-order valence-corrected chi connectivity index (χ1v) is 9.77. The van der Waals surface area contributed by atoms with Crippen LogP contribution in [0, 0.1) is 17.8 Å². The topological polar surface area (TPSA) is 29.0 Å². The number of hydrogen-bond acceptors (Lipinski definition) is 4. The average Bonchev–Trinajstić information content (AvgIpc) is 2.82. The summed E-state index contributed by atoms with van der Waals surface area (Å²) in [5.74, 6) is 3.24. The lowest BCUT2D eigenvalue weighted by Gasteiger charge is -2.28. The van der Waals surface area contributed by atoms with Gasteiger partial charge in [-0.25, -0.2) is 9.97 Å². The fourth-order valence-electron chi connectivity index (χ4n) is 3.63. The third kappa shape index (κ3) is 3.52. The van der Waals surface area contributed by atoms with Crippen molar-refractivity contribution in [2.45, 2.75) is 53.9 Å². The van der Waals surface area contributed by atoms with Gasteiger partial charge in [0.2, 0.25) is 0 Å². The maximum absolute atomic E-state index is 4.73. The highest BCUT2D eigenvalue weighted by atomic mass is 32.1. The molecule has 1 atom stereocenters. The van der Waals surface area contributed by atoms with E-state index >= 15 is 0 Å². The number of aryl methyl sites for hydroxylation is 1. The van der Waals surface area contributed by atoms with E-state index in [1.54, 1.807) is 11.2 Å². The molecule has 0 saturated carbocycles. The van der Waals surface area contributed by atoms with Gasteiger partial charge >= 0.3 is 0 Å². The molecule has 1 aliphatic rings. The lowest BCUT2D eigenvalue weighted by Crippen LogP contribution is -2.32. The van der Waals surface area contributed by atoms with Gasteiger partial charge in [0.05, 0.1) is 5.39 Å². The molecule has 0 aliphatic heterocycles. The predicted octanol–water partition coefficient (Wildman–Crippen LogP) is 4.93. The number of aromatic nitrogens is 2. The lowest BCUT2D eigenvalue weighted by atomic mass is 9.89. The largest absolute Gasteiger partial charge is 0.355 e. The molecule has 0 unspecified atom stereocenters. The molecular formula is C19H29N3S. The van der Waals surface area contributed by atoms with E-state index in [0.29, 0.717) is 11.8 Å². The molecule has 2 heterocycles. The van der Waals surface area contributed by atoms with E-state index in [0.717, 1.165) is 19.0 Å². The van der Waals surface area contributed by atoms with Crippen LogP contribution >= 0.6 is 11.3 Å². The zero-order valence-electron chi connectivity index (χ0n) is 15.1. The van der Waals surface area contributed by atoms with Crippen LogP contribution in [0.1, 0.15) is 51.5 Å². The summed E-state index contributed by atoms with van der Waals surface area (Å²) in [6.45, 7) is 13.6. The molecule has 1 aliphatic carbocycles. The molecule has 0 saturated heterocycles. The number of anilines is 1. The third-order valence-electron chi connectivity index (χ3n) is 4.54. The first kappa shape index (κ1) is 16.7. The van der Waals surface area contributed by atoms with Crippen molar-refractivity contribution in [3.05, 3.63) is 16.8 Å². The van der Waals surface area contributed by atoms with Crippen LogP contribution < -0.4 is 4.90 Å². The maximum Gasteiger partial charge on any atom is 0.141 e. The molecule has 4 heteroatoms. The summed E-state index contributed by atoms with van der Waals surface area (Å²) in [5, 5.41) is 1.35. The molecule has 0 amide bonds. The zero-order chi connectivity index (χ0) is 16.6. The molecule has 3 rings (SSSR count). The predicted molar refractivity (Wildman–Crippen MR) is 100 cm³/mol. The Bertz CT molecular complexity index is 665. The molecule has 0 fully saturated rings. The summed E-state index contributed by atoms with van der Waals surface area (Å²) in [4.78, 5) is 14.6. The van der Waals surface area contributed by atoms with Crippen LogP contribution in [-0.2, 0) is 12.8 Å². The SMILES string of the molecule is CC(C)CN(CC(C)C)c1ncnc2sc3c(c12)CC[C@H](C)C3. The van der Waals surface area contributed by atoms with E-state index in [9.17, 15) is 0 Å². The summed E-state index contributed by atoms with van der Waals surface area (Å²) in [7, 11) is 0. The van der Waals surface area contributed by atoms with E-state index in [1.165, 1.54) is 40.9 Å². The molecule has 0 bridgehead atoms. The maximum atomic E-state index is 4.73. The zero-order valence-corrected chi connectivity index (χ0v) is 15.9. The standard InChI is InChI=1S/C19H29N3S/c1-12(2)9-22(10-13(3)4)18-17-15-7-6-14(5)8-16(15)23-19(17)21-11-20-18/h11-14H,6-10H2,1-5H3/t14-/m0/s1. The molecule has 0 aromatic carbocycles. The van der Waals surface area contributed by atoms with Crippen molar-refractivity contribution in [1.82, 2.24) is 9.97 Å². The Kier molecular flexibility index (Phi) is 4.90. The van der Waals surface area contributed by atoms with E-state index < -0.39 is 0 Å². The van der Waals surface area contributed by atoms with E-state index in [2.05, 4.69) is 44.5 Å². The second-order valence-electron chi connectivity index (χ2n) is 7.92. The molecule has 0 radical (unpaired) electrons. The van der Waals surface area contributed by atoms with Crippen LogP contribution in [0.3, 0.4) is 0 Å². The minimum Gasteiger partial charge on any atom is -0.355 e. The monoisotopic (exact) mass is 331 g/mol. The van der Waals surface area contributed by atoms with Gasteiger partial charge in [0.15, 0.2) is 0 Å². The van der Waals surface area contributed by atoms with E-state index in [-0.39, 0.29) is 0 Å². The minimum atomic E-state index is 0.633. The van der Waals surface area contributed by atoms with Crippen LogP contribution in [0.25, 0.3) is 10.2 Å². The third-order valence-corrected chi connectivity index (χ3v) is 5.70. The van der Waals surface area contributed by atoms with Crippen LogP contribution in [-0.4, -0.2) is 23.1 Å². The van der Waals surface area contributed by atoms with Gasteiger partial charge in [-0.1, -0.05) is 34.6 Å². The molecule has 3 nitrogen and oxygen atoms in total. The molecule has 23 heavy (non-hydrogen) atoms. The van der Waals surface area contributed by atoms with Gasteiger partial charge in [0.1, 0.15) is 17.0 Å². The summed E-state index contributed by atoms with van der Waals surface area (Å²) >= 11 is 1.90. The van der Waals surface area contributed by atoms with Crippen LogP contribution in [0.2, 0.25) is 0 Å². The van der Waals surface area contributed by atoms with Crippen LogP contribution in [0.5, 0.6) is 0 Å². The number of fused-ring (bicyclic) bond motifs is 3. The highest BCUT2D eigenvalue weighted by molar-refractivity contribution is 7.19. The van der Waals surface area contributed by atoms with Crippen LogP contribution in [0.4, 0.5) is 5.82 Å². The van der Waals surface area contributed by atoms with Crippen molar-refractivity contribution in [3.8, 4) is 0 Å². The van der Waals surface area contributed by atoms with Crippen molar-refractivity contribution in [2.75, 3.05) is 18.0 Å². The second-order valence-corrected chi connectivity index (χ2v) is 9.01. The van der Waals surface area contributed by atoms with Crippen molar-refractivity contribution in [2.24, 2.45) is 17.8 Å². The summed E-state index contributed by atoms with van der Waals surface area (Å²) in [6, 6.07) is 0. The van der Waals surface area contributed by atoms with Gasteiger partial charge in [-0.3, -0.25) is 0 Å². The number of hydrogen-bond donors (Lipinski definition) is 0. The normalized spacial score (nSPS) is 18.0. The number of thiophene rings is 1. The molecular weight excluding hydrogens is 302 g/mol. The average molecular weight is 332 g/mol. The summed E-state index contributed by atoms with van der Waals surface area (Å²) in [5.41, 5.74) is 1.54. The Labute approximate surface area is 144 Å². The Morgan fingerprint density at radius 1 is 1.17 bits per heavy atom. The molecule has 2 aromatic heterocycles. The van der Waals surface area contributed by atoms with E-state index in [1.807, 2.05) is 11.3 Å². The van der Waals surface area contributed by atoms with Gasteiger partial charge in [0, 0.05) is 18.0 Å². The number of nitrogens with zero attached hydrogens (tertiary/aromatic N) is 3. The van der Waals surface area contributed by atoms with E-state index in [4.69, 9.17) is 4.98 Å². The molecule has 126 valence electrons. The Hall–Kier alpha value is -1.16. The second kappa shape index (κ2) is 6.76. The molecule has 0 N–H and O–H groups in total. The Morgan fingerprint density at radius 3 is 2.52 bits per heavy atom. The Morgan fingerprint density at radius 2 is 1.87 bits per heavy atom. The van der Waals surface area contributed by atoms with Gasteiger partial charge in [-0.2, -0.15) is 0 Å². The van der Waals surface area contributed by atoms with Gasteiger partial charge in [-0.15, -0.1) is 11.3 Å². The fraction of sp³-hybridized carbons (Fsp3) is 0.684. The molecule has 0 spiro atoms. The van der Waals surface area contributed by atoms with Gasteiger partial charge in [-0.05, 0) is 42.6 Å². The van der Waals surface area contributed by atoms with Gasteiger partial charge < -0.3 is 4.90 Å². The highest BCUT2D eigenvalue weighted by Gasteiger charge is 2.25. The summed E-state index contributed by atoms with van der Waals surface area (Å²) in [6.07, 6.45) is 5.45. The summed E-state index contributed by atoms with van der Waals surface area (Å²) < 4.78 is 0. The Balaban J connectivity index is 2.08. The van der Waals surface area contributed by atoms with Gasteiger partial charge in [0.25, 0.3) is 0 Å². The van der Waals surface area contributed by atoms with Crippen molar-refractivity contribution >= 4 is 27.4 Å². The lowest BCUT2D eigenvalue weighted by molar-refractivity contribution is 0.509. The fourth-order valence-corrected chi connectivity index (χ4v) is 4.97. The number of rotatable bonds is 5. The van der Waals surface area contributed by atoms with Crippen molar-refractivity contribution < 1.29 is 0 Å². The first-order chi connectivity index (χ1) is 11.0. The van der Waals surface area contributed by atoms with Crippen molar-refractivity contribution in [3.63, 3.8) is 0 Å².